The molecule has 31 heavy (non-hydrogen) atoms. The Morgan fingerprint density at radius 3 is 2.84 bits per heavy atom. The fraction of sp³-hybridized carbons (Fsp3) is 0.478. The summed E-state index contributed by atoms with van der Waals surface area (Å²) in [5, 5.41) is 11.8. The molecule has 7 nitrogen and oxygen atoms in total. The van der Waals surface area contributed by atoms with E-state index in [1.54, 1.807) is 11.3 Å². The molecule has 0 bridgehead atoms. The van der Waals surface area contributed by atoms with Crippen molar-refractivity contribution >= 4 is 28.1 Å². The van der Waals surface area contributed by atoms with Gasteiger partial charge in [-0.25, -0.2) is 4.98 Å². The summed E-state index contributed by atoms with van der Waals surface area (Å²) in [6.07, 6.45) is 5.18. The number of hydrogen-bond donors (Lipinski definition) is 2. The number of rotatable bonds is 4. The van der Waals surface area contributed by atoms with Crippen molar-refractivity contribution in [3.05, 3.63) is 51.0 Å². The number of hydrogen-bond acceptors (Lipinski definition) is 6. The zero-order valence-corrected chi connectivity index (χ0v) is 19.1. The van der Waals surface area contributed by atoms with Crippen molar-refractivity contribution in [2.45, 2.75) is 58.8 Å². The van der Waals surface area contributed by atoms with Crippen LogP contribution >= 0.6 is 11.3 Å². The Kier molecular flexibility index (Phi) is 5.25. The largest absolute Gasteiger partial charge is 0.337 e. The van der Waals surface area contributed by atoms with Crippen molar-refractivity contribution in [1.29, 1.82) is 0 Å². The third-order valence-electron chi connectivity index (χ3n) is 6.41. The van der Waals surface area contributed by atoms with Gasteiger partial charge in [0, 0.05) is 52.2 Å². The predicted octanol–water partition coefficient (Wildman–Crippen LogP) is 4.44. The maximum absolute atomic E-state index is 13.2. The van der Waals surface area contributed by atoms with Gasteiger partial charge in [-0.3, -0.25) is 14.9 Å². The lowest BCUT2D eigenvalue weighted by Gasteiger charge is -2.18. The van der Waals surface area contributed by atoms with Gasteiger partial charge in [0.2, 0.25) is 0 Å². The first-order chi connectivity index (χ1) is 15.0. The molecule has 4 heterocycles. The molecule has 0 radical (unpaired) electrons. The number of thiazole rings is 1. The number of aromatic amines is 1. The summed E-state index contributed by atoms with van der Waals surface area (Å²) in [5.74, 6) is 0.292. The van der Waals surface area contributed by atoms with Crippen LogP contribution in [0, 0.1) is 20.8 Å². The number of carbonyl (C=O) groups is 1. The highest BCUT2D eigenvalue weighted by molar-refractivity contribution is 7.15. The van der Waals surface area contributed by atoms with Crippen LogP contribution in [0.25, 0.3) is 0 Å². The lowest BCUT2D eigenvalue weighted by Crippen LogP contribution is -2.29. The Hall–Kier alpha value is -2.74. The molecule has 0 aromatic carbocycles. The van der Waals surface area contributed by atoms with Crippen molar-refractivity contribution in [2.24, 2.45) is 0 Å². The maximum Gasteiger partial charge on any atom is 0.274 e. The third kappa shape index (κ3) is 3.96. The van der Waals surface area contributed by atoms with Crippen molar-refractivity contribution in [3.8, 4) is 0 Å². The van der Waals surface area contributed by atoms with Gasteiger partial charge >= 0.3 is 0 Å². The smallest absolute Gasteiger partial charge is 0.274 e. The van der Waals surface area contributed by atoms with Crippen LogP contribution in [0.15, 0.2) is 12.1 Å². The summed E-state index contributed by atoms with van der Waals surface area (Å²) in [6.45, 7) is 7.56. The predicted molar refractivity (Wildman–Crippen MR) is 122 cm³/mol. The Morgan fingerprint density at radius 1 is 1.19 bits per heavy atom. The lowest BCUT2D eigenvalue weighted by atomic mass is 9.95. The molecule has 1 amide bonds. The highest BCUT2D eigenvalue weighted by atomic mass is 32.1. The lowest BCUT2D eigenvalue weighted by molar-refractivity contribution is 0.0783. The van der Waals surface area contributed by atoms with E-state index in [-0.39, 0.29) is 11.8 Å². The number of likely N-dealkylation sites (tertiary alicyclic amines) is 1. The van der Waals surface area contributed by atoms with Crippen LogP contribution in [-0.4, -0.2) is 44.1 Å². The zero-order valence-electron chi connectivity index (χ0n) is 18.3. The van der Waals surface area contributed by atoms with Gasteiger partial charge in [0.15, 0.2) is 10.8 Å². The summed E-state index contributed by atoms with van der Waals surface area (Å²) in [6, 6.07) is 4.15. The van der Waals surface area contributed by atoms with Crippen molar-refractivity contribution in [3.63, 3.8) is 0 Å². The fourth-order valence-electron chi connectivity index (χ4n) is 4.62. The molecule has 3 aromatic heterocycles. The van der Waals surface area contributed by atoms with Crippen LogP contribution in [-0.2, 0) is 12.8 Å². The van der Waals surface area contributed by atoms with Gasteiger partial charge in [0.1, 0.15) is 0 Å². The van der Waals surface area contributed by atoms with Gasteiger partial charge in [0.05, 0.1) is 5.69 Å². The number of nitrogens with zero attached hydrogens (tertiary/aromatic N) is 4. The molecule has 1 aliphatic heterocycles. The van der Waals surface area contributed by atoms with E-state index in [9.17, 15) is 4.79 Å². The van der Waals surface area contributed by atoms with Crippen LogP contribution in [0.3, 0.4) is 0 Å². The first-order valence-corrected chi connectivity index (χ1v) is 11.8. The molecule has 3 aromatic rings. The average molecular weight is 437 g/mol. The standard InChI is InChI=1S/C23H28N6OS/c1-13-10-17(26-23-25-14(2)15(3)31-23)11-20(24-13)16-8-9-29(12-16)22(30)21-18-6-4-5-7-19(18)27-28-21/h10-11,16H,4-9,12H2,1-3H3,(H,27,28)(H,24,25,26)/t16-/m0/s1. The molecule has 2 N–H and O–H groups in total. The molecule has 162 valence electrons. The first-order valence-electron chi connectivity index (χ1n) is 11.0. The Balaban J connectivity index is 1.32. The molecule has 8 heteroatoms. The van der Waals surface area contributed by atoms with Crippen molar-refractivity contribution in [1.82, 2.24) is 25.1 Å². The number of aryl methyl sites for hydroxylation is 4. The zero-order chi connectivity index (χ0) is 21.5. The minimum atomic E-state index is 0.0571. The molecule has 0 spiro atoms. The minimum absolute atomic E-state index is 0.0571. The molecular weight excluding hydrogens is 408 g/mol. The van der Waals surface area contributed by atoms with Gasteiger partial charge in [-0.15, -0.1) is 11.3 Å². The molecule has 5 rings (SSSR count). The van der Waals surface area contributed by atoms with E-state index in [1.165, 1.54) is 11.3 Å². The first kappa shape index (κ1) is 20.2. The second-order valence-electron chi connectivity index (χ2n) is 8.68. The van der Waals surface area contributed by atoms with E-state index in [2.05, 4.69) is 33.5 Å². The van der Waals surface area contributed by atoms with Gasteiger partial charge in [0.25, 0.3) is 5.91 Å². The second kappa shape index (κ2) is 8.07. The van der Waals surface area contributed by atoms with E-state index in [4.69, 9.17) is 4.98 Å². The number of nitrogens with one attached hydrogen (secondary N) is 2. The van der Waals surface area contributed by atoms with E-state index in [0.29, 0.717) is 12.2 Å². The Labute approximate surface area is 186 Å². The topological polar surface area (TPSA) is 86.8 Å². The van der Waals surface area contributed by atoms with Gasteiger partial charge in [-0.05, 0) is 65.0 Å². The summed E-state index contributed by atoms with van der Waals surface area (Å²) >= 11 is 1.66. The highest BCUT2D eigenvalue weighted by Crippen LogP contribution is 2.32. The van der Waals surface area contributed by atoms with Gasteiger partial charge in [-0.2, -0.15) is 5.10 Å². The molecule has 2 aliphatic rings. The fourth-order valence-corrected chi connectivity index (χ4v) is 5.45. The molecule has 1 fully saturated rings. The normalized spacial score (nSPS) is 18.3. The number of anilines is 2. The van der Waals surface area contributed by atoms with Crippen LogP contribution in [0.4, 0.5) is 10.8 Å². The van der Waals surface area contributed by atoms with Gasteiger partial charge in [-0.1, -0.05) is 0 Å². The van der Waals surface area contributed by atoms with Crippen LogP contribution in [0.2, 0.25) is 0 Å². The average Bonchev–Trinajstić information content (AvgIpc) is 3.46. The monoisotopic (exact) mass is 436 g/mol. The Bertz CT molecular complexity index is 1110. The van der Waals surface area contributed by atoms with E-state index >= 15 is 0 Å². The number of fused-ring (bicyclic) bond motifs is 1. The number of amides is 1. The maximum atomic E-state index is 13.2. The molecule has 0 unspecified atom stereocenters. The molecule has 1 aliphatic carbocycles. The number of pyridine rings is 1. The molecule has 1 atom stereocenters. The number of H-pyrrole nitrogens is 1. The number of aromatic nitrogens is 4. The van der Waals surface area contributed by atoms with Crippen molar-refractivity contribution in [2.75, 3.05) is 18.4 Å². The van der Waals surface area contributed by atoms with E-state index in [0.717, 1.165) is 71.4 Å². The van der Waals surface area contributed by atoms with E-state index in [1.807, 2.05) is 24.8 Å². The van der Waals surface area contributed by atoms with E-state index < -0.39 is 0 Å². The van der Waals surface area contributed by atoms with Crippen LogP contribution in [0.1, 0.15) is 68.9 Å². The summed E-state index contributed by atoms with van der Waals surface area (Å²) in [5.41, 5.74) is 6.97. The van der Waals surface area contributed by atoms with Gasteiger partial charge < -0.3 is 10.2 Å². The van der Waals surface area contributed by atoms with Crippen LogP contribution in [0.5, 0.6) is 0 Å². The molecular formula is C23H28N6OS. The molecule has 1 saturated heterocycles. The SMILES string of the molecule is Cc1cc(Nc2nc(C)c(C)s2)cc([C@H]2CCN(C(=O)c3n[nH]c4c3CCCC4)C2)n1. The number of carbonyl (C=O) groups excluding carboxylic acids is 1. The second-order valence-corrected chi connectivity index (χ2v) is 9.88. The summed E-state index contributed by atoms with van der Waals surface area (Å²) in [4.78, 5) is 25.7. The van der Waals surface area contributed by atoms with Crippen molar-refractivity contribution < 1.29 is 4.79 Å². The van der Waals surface area contributed by atoms with Crippen LogP contribution < -0.4 is 5.32 Å². The quantitative estimate of drug-likeness (QED) is 0.631. The Morgan fingerprint density at radius 2 is 2.03 bits per heavy atom. The minimum Gasteiger partial charge on any atom is -0.337 e. The third-order valence-corrected chi connectivity index (χ3v) is 7.39. The summed E-state index contributed by atoms with van der Waals surface area (Å²) in [7, 11) is 0. The summed E-state index contributed by atoms with van der Waals surface area (Å²) < 4.78 is 0. The highest BCUT2D eigenvalue weighted by Gasteiger charge is 2.32. The molecule has 0 saturated carbocycles.